The average Bonchev–Trinajstić information content (AvgIpc) is 2.86. The number of nitrogens with two attached hydrogens (primary N) is 2. The number of hydrogen-bond acceptors (Lipinski definition) is 8. The highest BCUT2D eigenvalue weighted by Gasteiger charge is 2.27. The van der Waals surface area contributed by atoms with Crippen molar-refractivity contribution in [3.05, 3.63) is 48.0 Å². The number of carbonyl (C=O) groups is 3. The van der Waals surface area contributed by atoms with Gasteiger partial charge in [0.25, 0.3) is 0 Å². The molecular formula is C28H40N4O5S. The van der Waals surface area contributed by atoms with Crippen LogP contribution in [0.4, 0.5) is 21.0 Å². The van der Waals surface area contributed by atoms with Crippen LogP contribution in [0.2, 0.25) is 0 Å². The molecule has 0 aromatic heterocycles. The van der Waals surface area contributed by atoms with Crippen molar-refractivity contribution in [2.75, 3.05) is 45.3 Å². The predicted octanol–water partition coefficient (Wildman–Crippen LogP) is 5.43. The van der Waals surface area contributed by atoms with Gasteiger partial charge >= 0.3 is 12.2 Å². The summed E-state index contributed by atoms with van der Waals surface area (Å²) in [5.74, 6) is 0.116. The molecule has 38 heavy (non-hydrogen) atoms. The van der Waals surface area contributed by atoms with Gasteiger partial charge in [0.05, 0.1) is 11.4 Å². The molecule has 0 spiro atoms. The van der Waals surface area contributed by atoms with Gasteiger partial charge in [0.2, 0.25) is 0 Å². The van der Waals surface area contributed by atoms with Crippen molar-refractivity contribution in [2.45, 2.75) is 49.8 Å². The standard InChI is InChI=1S/C19H22N2OS.C9H18N2O4/c1-14(22)15-9-10-19-17(13-15)21(12-6-11-20(2)3)16-7-4-5-8-18(16)23-19;1-3-4-9(2,5-14-7(10)12)6-15-8(11)13/h4-5,7-10,13H,6,11-12H2,1-3H3;3-6H2,1-2H3,(H2,10,12)(H2,11,13). The molecule has 10 heteroatoms. The monoisotopic (exact) mass is 544 g/mol. The number of benzene rings is 2. The van der Waals surface area contributed by atoms with Gasteiger partial charge in [-0.1, -0.05) is 50.2 Å². The van der Waals surface area contributed by atoms with Gasteiger partial charge in [0.1, 0.15) is 13.2 Å². The number of rotatable bonds is 11. The van der Waals surface area contributed by atoms with Crippen molar-refractivity contribution >= 4 is 41.1 Å². The van der Waals surface area contributed by atoms with E-state index in [-0.39, 0.29) is 19.0 Å². The summed E-state index contributed by atoms with van der Waals surface area (Å²) in [7, 11) is 4.20. The fraction of sp³-hybridized carbons (Fsp3) is 0.464. The molecule has 0 saturated heterocycles. The molecule has 2 amide bonds. The molecule has 4 N–H and O–H groups in total. The van der Waals surface area contributed by atoms with Gasteiger partial charge in [-0.3, -0.25) is 4.79 Å². The number of ether oxygens (including phenoxy) is 2. The zero-order valence-corrected chi connectivity index (χ0v) is 23.8. The lowest BCUT2D eigenvalue weighted by atomic mass is 9.87. The molecule has 0 saturated carbocycles. The summed E-state index contributed by atoms with van der Waals surface area (Å²) in [6.07, 6.45) is 1.03. The van der Waals surface area contributed by atoms with Crippen molar-refractivity contribution in [2.24, 2.45) is 16.9 Å². The Labute approximate surface area is 229 Å². The fourth-order valence-electron chi connectivity index (χ4n) is 4.11. The summed E-state index contributed by atoms with van der Waals surface area (Å²) >= 11 is 1.78. The molecule has 2 aromatic carbocycles. The quantitative estimate of drug-likeness (QED) is 0.359. The van der Waals surface area contributed by atoms with Gasteiger partial charge in [-0.25, -0.2) is 9.59 Å². The molecule has 208 valence electrons. The van der Waals surface area contributed by atoms with E-state index in [2.05, 4.69) is 54.2 Å². The smallest absolute Gasteiger partial charge is 0.404 e. The number of amides is 2. The number of ketones is 1. The van der Waals surface area contributed by atoms with E-state index in [9.17, 15) is 14.4 Å². The number of hydrogen-bond donors (Lipinski definition) is 2. The third-order valence-corrected chi connectivity index (χ3v) is 7.13. The van der Waals surface area contributed by atoms with E-state index in [4.69, 9.17) is 20.9 Å². The van der Waals surface area contributed by atoms with Gasteiger partial charge < -0.3 is 30.7 Å². The van der Waals surface area contributed by atoms with Crippen LogP contribution >= 0.6 is 11.8 Å². The van der Waals surface area contributed by atoms with Crippen LogP contribution in [0, 0.1) is 5.41 Å². The first-order chi connectivity index (χ1) is 18.0. The van der Waals surface area contributed by atoms with Crippen molar-refractivity contribution in [3.63, 3.8) is 0 Å². The third kappa shape index (κ3) is 9.57. The number of Topliss-reactive ketones (excluding diaryl/α,β-unsaturated/α-hetero) is 1. The second-order valence-corrected chi connectivity index (χ2v) is 11.0. The van der Waals surface area contributed by atoms with Crippen LogP contribution in [-0.4, -0.2) is 63.3 Å². The van der Waals surface area contributed by atoms with Crippen molar-refractivity contribution in [1.29, 1.82) is 0 Å². The second kappa shape index (κ2) is 14.6. The normalized spacial score (nSPS) is 12.1. The van der Waals surface area contributed by atoms with Crippen LogP contribution in [0.25, 0.3) is 0 Å². The highest BCUT2D eigenvalue weighted by atomic mass is 32.2. The van der Waals surface area contributed by atoms with Crippen LogP contribution in [0.3, 0.4) is 0 Å². The predicted molar refractivity (Wildman–Crippen MR) is 151 cm³/mol. The molecule has 0 atom stereocenters. The second-order valence-electron chi connectivity index (χ2n) is 9.89. The summed E-state index contributed by atoms with van der Waals surface area (Å²) in [5.41, 5.74) is 12.5. The number of para-hydroxylation sites is 1. The molecule has 1 heterocycles. The van der Waals surface area contributed by atoms with E-state index >= 15 is 0 Å². The molecule has 0 unspecified atom stereocenters. The average molecular weight is 545 g/mol. The fourth-order valence-corrected chi connectivity index (χ4v) is 5.19. The molecule has 1 aliphatic rings. The Balaban J connectivity index is 0.000000296. The maximum atomic E-state index is 11.8. The highest BCUT2D eigenvalue weighted by Crippen LogP contribution is 2.48. The van der Waals surface area contributed by atoms with Crippen molar-refractivity contribution < 1.29 is 23.9 Å². The minimum Gasteiger partial charge on any atom is -0.449 e. The number of fused-ring (bicyclic) bond motifs is 2. The number of primary amides is 2. The van der Waals surface area contributed by atoms with Gasteiger partial charge in [0, 0.05) is 27.3 Å². The van der Waals surface area contributed by atoms with Crippen LogP contribution in [0.15, 0.2) is 52.3 Å². The lowest BCUT2D eigenvalue weighted by molar-refractivity contribution is 0.0367. The molecule has 0 fully saturated rings. The third-order valence-electron chi connectivity index (χ3n) is 6.00. The van der Waals surface area contributed by atoms with Crippen molar-refractivity contribution in [3.8, 4) is 0 Å². The Kier molecular flexibility index (Phi) is 11.9. The molecule has 3 rings (SSSR count). The SMILES string of the molecule is CC(=O)c1ccc2c(c1)N(CCCN(C)C)c1ccccc1S2.CCCC(C)(COC(N)=O)COC(N)=O. The molecule has 9 nitrogen and oxygen atoms in total. The van der Waals surface area contributed by atoms with E-state index in [0.717, 1.165) is 43.6 Å². The molecular weight excluding hydrogens is 504 g/mol. The van der Waals surface area contributed by atoms with Gasteiger partial charge in [-0.2, -0.15) is 0 Å². The van der Waals surface area contributed by atoms with Gasteiger partial charge in [-0.05, 0) is 64.7 Å². The molecule has 0 aliphatic carbocycles. The van der Waals surface area contributed by atoms with Crippen LogP contribution in [0.5, 0.6) is 0 Å². The molecule has 2 aromatic rings. The minimum absolute atomic E-state index is 0.115. The van der Waals surface area contributed by atoms with Crippen LogP contribution < -0.4 is 16.4 Å². The number of nitrogens with zero attached hydrogens (tertiary/aromatic N) is 2. The Hall–Kier alpha value is -3.24. The minimum atomic E-state index is -0.837. The van der Waals surface area contributed by atoms with Crippen molar-refractivity contribution in [1.82, 2.24) is 4.90 Å². The largest absolute Gasteiger partial charge is 0.449 e. The topological polar surface area (TPSA) is 128 Å². The maximum Gasteiger partial charge on any atom is 0.404 e. The van der Waals surface area contributed by atoms with E-state index in [0.29, 0.717) is 0 Å². The zero-order valence-electron chi connectivity index (χ0n) is 23.0. The number of anilines is 2. The molecule has 0 bridgehead atoms. The van der Waals surface area contributed by atoms with Crippen LogP contribution in [-0.2, 0) is 9.47 Å². The van der Waals surface area contributed by atoms with Gasteiger partial charge in [0.15, 0.2) is 5.78 Å². The summed E-state index contributed by atoms with van der Waals surface area (Å²) in [4.78, 5) is 39.7. The Morgan fingerprint density at radius 1 is 0.974 bits per heavy atom. The van der Waals surface area contributed by atoms with E-state index < -0.39 is 17.6 Å². The highest BCUT2D eigenvalue weighted by molar-refractivity contribution is 7.99. The zero-order chi connectivity index (χ0) is 28.3. The van der Waals surface area contributed by atoms with E-state index in [1.54, 1.807) is 18.7 Å². The van der Waals surface area contributed by atoms with E-state index in [1.807, 2.05) is 26.0 Å². The Bertz CT molecular complexity index is 1090. The Morgan fingerprint density at radius 2 is 1.58 bits per heavy atom. The van der Waals surface area contributed by atoms with Crippen LogP contribution in [0.1, 0.15) is 50.4 Å². The number of carbonyl (C=O) groups excluding carboxylic acids is 3. The molecule has 0 radical (unpaired) electrons. The lowest BCUT2D eigenvalue weighted by Gasteiger charge is -2.33. The summed E-state index contributed by atoms with van der Waals surface area (Å²) < 4.78 is 9.40. The molecule has 1 aliphatic heterocycles. The first-order valence-corrected chi connectivity index (χ1v) is 13.5. The lowest BCUT2D eigenvalue weighted by Crippen LogP contribution is -2.33. The summed E-state index contributed by atoms with van der Waals surface area (Å²) in [6, 6.07) is 14.5. The summed E-state index contributed by atoms with van der Waals surface area (Å²) in [5, 5.41) is 0. The van der Waals surface area contributed by atoms with Gasteiger partial charge in [-0.15, -0.1) is 0 Å². The first-order valence-electron chi connectivity index (χ1n) is 12.6. The first kappa shape index (κ1) is 31.0. The van der Waals surface area contributed by atoms with E-state index in [1.165, 1.54) is 15.5 Å². The summed E-state index contributed by atoms with van der Waals surface area (Å²) in [6.45, 7) is 7.67. The maximum absolute atomic E-state index is 11.8. The Morgan fingerprint density at radius 3 is 2.13 bits per heavy atom.